The minimum atomic E-state index is -0.458. The number of nitrogens with one attached hydrogen (secondary N) is 1. The first-order valence-electron chi connectivity index (χ1n) is 4.87. The van der Waals surface area contributed by atoms with Crippen LogP contribution in [0.15, 0.2) is 12.7 Å². The van der Waals surface area contributed by atoms with Gasteiger partial charge in [0.15, 0.2) is 0 Å². The van der Waals surface area contributed by atoms with Crippen LogP contribution < -0.4 is 5.32 Å². The minimum Gasteiger partial charge on any atom is -0.444 e. The normalized spacial score (nSPS) is 15.5. The molecule has 0 radical (unpaired) electrons. The van der Waals surface area contributed by atoms with Crippen molar-refractivity contribution >= 4 is 6.09 Å². The molecule has 0 aromatic heterocycles. The first-order chi connectivity index (χ1) is 6.22. The number of carbonyl (C=O) groups excluding carboxylic acids is 1. The lowest BCUT2D eigenvalue weighted by Gasteiger charge is -2.28. The number of rotatable bonds is 3. The Kier molecular flexibility index (Phi) is 4.17. The van der Waals surface area contributed by atoms with E-state index >= 15 is 0 Å². The molecule has 3 heteroatoms. The van der Waals surface area contributed by atoms with Crippen LogP contribution >= 0.6 is 0 Å². The predicted molar refractivity (Wildman–Crippen MR) is 58.3 cm³/mol. The monoisotopic (exact) mass is 199 g/mol. The van der Waals surface area contributed by atoms with Crippen molar-refractivity contribution in [3.8, 4) is 0 Å². The highest BCUT2D eigenvalue weighted by atomic mass is 16.6. The Balaban J connectivity index is 4.25. The van der Waals surface area contributed by atoms with Gasteiger partial charge in [0.2, 0.25) is 0 Å². The Morgan fingerprint density at radius 2 is 1.93 bits per heavy atom. The zero-order chi connectivity index (χ0) is 11.4. The van der Waals surface area contributed by atoms with Crippen LogP contribution in [0.25, 0.3) is 0 Å². The SMILES string of the molecule is C=CC(C)(CC)NC(=O)OC(C)(C)C. The van der Waals surface area contributed by atoms with Crippen molar-refractivity contribution in [1.29, 1.82) is 0 Å². The van der Waals surface area contributed by atoms with Crippen molar-refractivity contribution in [3.05, 3.63) is 12.7 Å². The van der Waals surface area contributed by atoms with E-state index in [0.29, 0.717) is 0 Å². The Morgan fingerprint density at radius 3 is 2.21 bits per heavy atom. The molecule has 0 aromatic carbocycles. The Bertz CT molecular complexity index is 218. The van der Waals surface area contributed by atoms with Gasteiger partial charge in [-0.3, -0.25) is 0 Å². The van der Waals surface area contributed by atoms with Crippen molar-refractivity contribution in [2.45, 2.75) is 52.2 Å². The summed E-state index contributed by atoms with van der Waals surface area (Å²) < 4.78 is 5.14. The standard InChI is InChI=1S/C11H21NO2/c1-7-11(6,8-2)12-9(13)14-10(3,4)5/h7H,1,8H2,2-6H3,(H,12,13). The van der Waals surface area contributed by atoms with E-state index in [0.717, 1.165) is 6.42 Å². The van der Waals surface area contributed by atoms with Crippen LogP contribution in [0.2, 0.25) is 0 Å². The van der Waals surface area contributed by atoms with Crippen molar-refractivity contribution in [1.82, 2.24) is 5.32 Å². The Morgan fingerprint density at radius 1 is 1.43 bits per heavy atom. The van der Waals surface area contributed by atoms with E-state index < -0.39 is 11.7 Å². The fraction of sp³-hybridized carbons (Fsp3) is 0.727. The maximum absolute atomic E-state index is 11.4. The summed E-state index contributed by atoms with van der Waals surface area (Å²) in [5.41, 5.74) is -0.845. The molecule has 82 valence electrons. The van der Waals surface area contributed by atoms with Gasteiger partial charge in [0.05, 0.1) is 5.54 Å². The first kappa shape index (κ1) is 13.0. The topological polar surface area (TPSA) is 38.3 Å². The van der Waals surface area contributed by atoms with E-state index in [2.05, 4.69) is 11.9 Å². The summed E-state index contributed by atoms with van der Waals surface area (Å²) in [6.07, 6.45) is 2.11. The molecule has 0 saturated carbocycles. The summed E-state index contributed by atoms with van der Waals surface area (Å²) in [4.78, 5) is 11.4. The molecule has 0 aliphatic carbocycles. The van der Waals surface area contributed by atoms with E-state index in [-0.39, 0.29) is 5.54 Å². The molecule has 1 amide bonds. The summed E-state index contributed by atoms with van der Waals surface area (Å²) in [6.45, 7) is 13.1. The van der Waals surface area contributed by atoms with Gasteiger partial charge in [-0.15, -0.1) is 6.58 Å². The van der Waals surface area contributed by atoms with E-state index in [9.17, 15) is 4.79 Å². The Labute approximate surface area is 86.5 Å². The average Bonchev–Trinajstić information content (AvgIpc) is 2.00. The molecule has 1 atom stereocenters. The van der Waals surface area contributed by atoms with E-state index in [1.165, 1.54) is 0 Å². The fourth-order valence-electron chi connectivity index (χ4n) is 0.821. The van der Waals surface area contributed by atoms with Gasteiger partial charge in [-0.2, -0.15) is 0 Å². The summed E-state index contributed by atoms with van der Waals surface area (Å²) in [5, 5.41) is 2.77. The molecule has 14 heavy (non-hydrogen) atoms. The molecule has 0 rings (SSSR count). The summed E-state index contributed by atoms with van der Waals surface area (Å²) in [6, 6.07) is 0. The van der Waals surface area contributed by atoms with Gasteiger partial charge in [0, 0.05) is 0 Å². The molecule has 0 aliphatic heterocycles. The molecule has 0 aromatic rings. The van der Waals surface area contributed by atoms with Crippen molar-refractivity contribution < 1.29 is 9.53 Å². The third kappa shape index (κ3) is 4.90. The number of alkyl carbamates (subject to hydrolysis) is 1. The first-order valence-corrected chi connectivity index (χ1v) is 4.87. The number of amides is 1. The third-order valence-corrected chi connectivity index (χ3v) is 1.97. The highest BCUT2D eigenvalue weighted by molar-refractivity contribution is 5.69. The molecule has 1 unspecified atom stereocenters. The number of ether oxygens (including phenoxy) is 1. The van der Waals surface area contributed by atoms with E-state index in [1.54, 1.807) is 6.08 Å². The molecule has 0 spiro atoms. The second kappa shape index (κ2) is 4.49. The molecule has 1 N–H and O–H groups in total. The second-order valence-electron chi connectivity index (χ2n) is 4.60. The average molecular weight is 199 g/mol. The molecule has 3 nitrogen and oxygen atoms in total. The maximum atomic E-state index is 11.4. The molecule has 0 fully saturated rings. The highest BCUT2D eigenvalue weighted by Gasteiger charge is 2.24. The number of carbonyl (C=O) groups is 1. The fourth-order valence-corrected chi connectivity index (χ4v) is 0.821. The van der Waals surface area contributed by atoms with Gasteiger partial charge in [-0.25, -0.2) is 4.79 Å². The molecular formula is C11H21NO2. The van der Waals surface area contributed by atoms with Crippen LogP contribution in [0.1, 0.15) is 41.0 Å². The van der Waals surface area contributed by atoms with E-state index in [4.69, 9.17) is 4.74 Å². The van der Waals surface area contributed by atoms with Crippen molar-refractivity contribution in [3.63, 3.8) is 0 Å². The summed E-state index contributed by atoms with van der Waals surface area (Å²) in [5.74, 6) is 0. The molecule has 0 heterocycles. The van der Waals surface area contributed by atoms with Crippen LogP contribution in [-0.4, -0.2) is 17.2 Å². The molecular weight excluding hydrogens is 178 g/mol. The maximum Gasteiger partial charge on any atom is 0.408 e. The lowest BCUT2D eigenvalue weighted by atomic mass is 10.00. The minimum absolute atomic E-state index is 0.387. The van der Waals surface area contributed by atoms with Crippen molar-refractivity contribution in [2.24, 2.45) is 0 Å². The van der Waals surface area contributed by atoms with Gasteiger partial charge in [0.1, 0.15) is 5.60 Å². The Hall–Kier alpha value is -0.990. The van der Waals surface area contributed by atoms with Gasteiger partial charge >= 0.3 is 6.09 Å². The van der Waals surface area contributed by atoms with Crippen molar-refractivity contribution in [2.75, 3.05) is 0 Å². The molecule has 0 bridgehead atoms. The third-order valence-electron chi connectivity index (χ3n) is 1.97. The van der Waals surface area contributed by atoms with Crippen LogP contribution in [0.5, 0.6) is 0 Å². The predicted octanol–water partition coefficient (Wildman–Crippen LogP) is 2.87. The smallest absolute Gasteiger partial charge is 0.408 e. The lowest BCUT2D eigenvalue weighted by Crippen LogP contribution is -2.46. The number of hydrogen-bond acceptors (Lipinski definition) is 2. The second-order valence-corrected chi connectivity index (χ2v) is 4.60. The molecule has 0 saturated heterocycles. The molecule has 0 aliphatic rings. The van der Waals surface area contributed by atoms with Crippen LogP contribution in [0.4, 0.5) is 4.79 Å². The van der Waals surface area contributed by atoms with Crippen LogP contribution in [-0.2, 0) is 4.74 Å². The van der Waals surface area contributed by atoms with E-state index in [1.807, 2.05) is 34.6 Å². The summed E-state index contributed by atoms with van der Waals surface area (Å²) >= 11 is 0. The van der Waals surface area contributed by atoms with Crippen LogP contribution in [0.3, 0.4) is 0 Å². The zero-order valence-electron chi connectivity index (χ0n) is 9.81. The summed E-state index contributed by atoms with van der Waals surface area (Å²) in [7, 11) is 0. The van der Waals surface area contributed by atoms with Gasteiger partial charge in [0.25, 0.3) is 0 Å². The zero-order valence-corrected chi connectivity index (χ0v) is 9.81. The van der Waals surface area contributed by atoms with Gasteiger partial charge < -0.3 is 10.1 Å². The number of hydrogen-bond donors (Lipinski definition) is 1. The lowest BCUT2D eigenvalue weighted by molar-refractivity contribution is 0.0483. The quantitative estimate of drug-likeness (QED) is 0.710. The van der Waals surface area contributed by atoms with Gasteiger partial charge in [-0.1, -0.05) is 13.0 Å². The van der Waals surface area contributed by atoms with Gasteiger partial charge in [-0.05, 0) is 34.1 Å². The largest absolute Gasteiger partial charge is 0.444 e. The van der Waals surface area contributed by atoms with Crippen LogP contribution in [0, 0.1) is 0 Å². The highest BCUT2D eigenvalue weighted by Crippen LogP contribution is 2.12.